The van der Waals surface area contributed by atoms with E-state index in [0.717, 1.165) is 43.1 Å². The number of nitrogens with zero attached hydrogens (tertiary/aromatic N) is 4. The normalized spacial score (nSPS) is 14.1. The van der Waals surface area contributed by atoms with Crippen LogP contribution in [-0.2, 0) is 16.0 Å². The lowest BCUT2D eigenvalue weighted by Crippen LogP contribution is -2.36. The van der Waals surface area contributed by atoms with Crippen LogP contribution >= 0.6 is 0 Å². The van der Waals surface area contributed by atoms with E-state index in [1.165, 1.54) is 12.6 Å². The molecule has 1 amide bonds. The number of amides is 1. The maximum atomic E-state index is 11.4. The molecule has 0 unspecified atom stereocenters. The summed E-state index contributed by atoms with van der Waals surface area (Å²) in [6.45, 7) is 5.10. The van der Waals surface area contributed by atoms with Gasteiger partial charge >= 0.3 is 0 Å². The van der Waals surface area contributed by atoms with Crippen molar-refractivity contribution in [1.82, 2.24) is 15.3 Å². The van der Waals surface area contributed by atoms with Gasteiger partial charge < -0.3 is 24.8 Å². The van der Waals surface area contributed by atoms with E-state index in [1.807, 2.05) is 12.1 Å². The summed E-state index contributed by atoms with van der Waals surface area (Å²) >= 11 is 0. The number of rotatable bonds is 9. The first-order valence-corrected chi connectivity index (χ1v) is 11.9. The number of benzene rings is 2. The fourth-order valence-corrected chi connectivity index (χ4v) is 3.86. The Balaban J connectivity index is 1.40. The first-order chi connectivity index (χ1) is 17.5. The minimum absolute atomic E-state index is 0.175. The van der Waals surface area contributed by atoms with E-state index in [0.29, 0.717) is 23.6 Å². The summed E-state index contributed by atoms with van der Waals surface area (Å²) in [6, 6.07) is 17.7. The molecule has 36 heavy (non-hydrogen) atoms. The Labute approximate surface area is 210 Å². The van der Waals surface area contributed by atoms with Gasteiger partial charge in [-0.05, 0) is 48.9 Å². The molecule has 1 fully saturated rings. The van der Waals surface area contributed by atoms with Crippen LogP contribution in [0.5, 0.6) is 5.75 Å². The Kier molecular flexibility index (Phi) is 8.44. The number of nitrogens with one attached hydrogen (secondary N) is 1. The second-order valence-corrected chi connectivity index (χ2v) is 8.44. The maximum Gasteiger partial charge on any atom is 0.248 e. The summed E-state index contributed by atoms with van der Waals surface area (Å²) in [5.41, 5.74) is 4.18. The molecule has 0 spiro atoms. The van der Waals surface area contributed by atoms with Crippen molar-refractivity contribution in [3.05, 3.63) is 71.7 Å². The Morgan fingerprint density at radius 2 is 2.00 bits per heavy atom. The molecule has 0 radical (unpaired) electrons. The number of aromatic nitrogens is 2. The van der Waals surface area contributed by atoms with Crippen LogP contribution in [0.2, 0.25) is 0 Å². The monoisotopic (exact) mass is 487 g/mol. The molecule has 1 aromatic heterocycles. The van der Waals surface area contributed by atoms with Gasteiger partial charge in [0, 0.05) is 37.0 Å². The lowest BCUT2D eigenvalue weighted by atomic mass is 10.1. The molecular formula is C27H29N5O4. The highest BCUT2D eigenvalue weighted by molar-refractivity contribution is 5.79. The molecule has 0 aliphatic carbocycles. The van der Waals surface area contributed by atoms with Crippen LogP contribution in [0.15, 0.2) is 54.7 Å². The third kappa shape index (κ3) is 6.56. The third-order valence-electron chi connectivity index (χ3n) is 5.81. The van der Waals surface area contributed by atoms with Crippen molar-refractivity contribution in [1.29, 1.82) is 5.26 Å². The van der Waals surface area contributed by atoms with E-state index >= 15 is 0 Å². The summed E-state index contributed by atoms with van der Waals surface area (Å²) in [6.07, 6.45) is 1.24. The van der Waals surface area contributed by atoms with Gasteiger partial charge in [0.25, 0.3) is 0 Å². The van der Waals surface area contributed by atoms with Crippen molar-refractivity contribution >= 4 is 11.6 Å². The van der Waals surface area contributed by atoms with Crippen molar-refractivity contribution in [3.8, 4) is 23.1 Å². The van der Waals surface area contributed by atoms with E-state index in [9.17, 15) is 15.2 Å². The first-order valence-electron chi connectivity index (χ1n) is 11.9. The van der Waals surface area contributed by atoms with Gasteiger partial charge in [-0.3, -0.25) is 4.79 Å². The average Bonchev–Trinajstić information content (AvgIpc) is 2.92. The number of hydrogen-bond donors (Lipinski definition) is 2. The van der Waals surface area contributed by atoms with Crippen molar-refractivity contribution in [3.63, 3.8) is 0 Å². The molecule has 2 heterocycles. The maximum absolute atomic E-state index is 11.4. The van der Waals surface area contributed by atoms with E-state index in [4.69, 9.17) is 14.5 Å². The summed E-state index contributed by atoms with van der Waals surface area (Å²) in [7, 11) is 0. The number of aliphatic hydroxyl groups is 1. The van der Waals surface area contributed by atoms with Gasteiger partial charge in [0.15, 0.2) is 0 Å². The van der Waals surface area contributed by atoms with Crippen molar-refractivity contribution in [2.24, 2.45) is 0 Å². The van der Waals surface area contributed by atoms with Gasteiger partial charge in [0.1, 0.15) is 30.4 Å². The highest BCUT2D eigenvalue weighted by atomic mass is 16.5. The average molecular weight is 488 g/mol. The molecule has 0 bridgehead atoms. The number of carbonyl (C=O) groups is 1. The molecule has 4 rings (SSSR count). The zero-order chi connectivity index (χ0) is 25.3. The Morgan fingerprint density at radius 1 is 1.22 bits per heavy atom. The van der Waals surface area contributed by atoms with Gasteiger partial charge in [-0.2, -0.15) is 5.26 Å². The number of hydrogen-bond acceptors (Lipinski definition) is 8. The van der Waals surface area contributed by atoms with Crippen LogP contribution in [0.3, 0.4) is 0 Å². The molecule has 9 nitrogen and oxygen atoms in total. The van der Waals surface area contributed by atoms with E-state index < -0.39 is 12.0 Å². The lowest BCUT2D eigenvalue weighted by Gasteiger charge is -2.28. The molecule has 2 N–H and O–H groups in total. The van der Waals surface area contributed by atoms with Crippen LogP contribution < -0.4 is 15.0 Å². The summed E-state index contributed by atoms with van der Waals surface area (Å²) in [5.74, 6) is 0.642. The topological polar surface area (TPSA) is 121 Å². The molecule has 1 saturated heterocycles. The number of carbonyl (C=O) groups excluding carboxylic acids is 1. The minimum atomic E-state index is -1.08. The molecule has 186 valence electrons. The Bertz CT molecular complexity index is 1220. The predicted molar refractivity (Wildman–Crippen MR) is 135 cm³/mol. The van der Waals surface area contributed by atoms with Gasteiger partial charge in [-0.25, -0.2) is 9.97 Å². The predicted octanol–water partition coefficient (Wildman–Crippen LogP) is 2.32. The number of anilines is 1. The zero-order valence-corrected chi connectivity index (χ0v) is 20.2. The number of aliphatic hydroxyl groups excluding tert-OH is 1. The first kappa shape index (κ1) is 25.1. The molecule has 1 atom stereocenters. The fraction of sp³-hybridized carbons (Fsp3) is 0.333. The van der Waals surface area contributed by atoms with Crippen LogP contribution in [0.1, 0.15) is 23.9 Å². The molecule has 1 aliphatic rings. The van der Waals surface area contributed by atoms with E-state index in [-0.39, 0.29) is 13.2 Å². The number of nitriles is 1. The van der Waals surface area contributed by atoms with Gasteiger partial charge in [-0.15, -0.1) is 0 Å². The highest BCUT2D eigenvalue weighted by Gasteiger charge is 2.12. The van der Waals surface area contributed by atoms with Crippen molar-refractivity contribution in [2.45, 2.75) is 19.4 Å². The standard InChI is InChI=1S/C27H29N5O4/c1-19(33)27(34)30-10-13-36-25-7-4-21(17-22(25)18-28)24-8-9-29-26(31-24)16-20-2-5-23(6-3-20)32-11-14-35-15-12-32/h2-9,17,19,33H,10-16H2,1H3,(H,30,34)/t19-/m0/s1. The molecular weight excluding hydrogens is 458 g/mol. The van der Waals surface area contributed by atoms with Gasteiger partial charge in [-0.1, -0.05) is 12.1 Å². The molecule has 0 saturated carbocycles. The van der Waals surface area contributed by atoms with Crippen molar-refractivity contribution < 1.29 is 19.4 Å². The Hall–Kier alpha value is -4.00. The van der Waals surface area contributed by atoms with E-state index in [1.54, 1.807) is 18.3 Å². The summed E-state index contributed by atoms with van der Waals surface area (Å²) in [5, 5.41) is 21.4. The summed E-state index contributed by atoms with van der Waals surface area (Å²) in [4.78, 5) is 22.9. The third-order valence-corrected chi connectivity index (χ3v) is 5.81. The van der Waals surface area contributed by atoms with Crippen LogP contribution in [0.25, 0.3) is 11.3 Å². The van der Waals surface area contributed by atoms with E-state index in [2.05, 4.69) is 45.5 Å². The number of morpholine rings is 1. The molecule has 1 aliphatic heterocycles. The van der Waals surface area contributed by atoms with Crippen LogP contribution in [-0.4, -0.2) is 66.5 Å². The SMILES string of the molecule is C[C@H](O)C(=O)NCCOc1ccc(-c2ccnc(Cc3ccc(N4CCOCC4)cc3)n2)cc1C#N. The van der Waals surface area contributed by atoms with Crippen LogP contribution in [0, 0.1) is 11.3 Å². The number of ether oxygens (including phenoxy) is 2. The quantitative estimate of drug-likeness (QED) is 0.441. The summed E-state index contributed by atoms with van der Waals surface area (Å²) < 4.78 is 11.1. The lowest BCUT2D eigenvalue weighted by molar-refractivity contribution is -0.128. The molecule has 9 heteroatoms. The highest BCUT2D eigenvalue weighted by Crippen LogP contribution is 2.26. The minimum Gasteiger partial charge on any atom is -0.490 e. The molecule has 2 aromatic carbocycles. The second kappa shape index (κ2) is 12.1. The van der Waals surface area contributed by atoms with Gasteiger partial charge in [0.2, 0.25) is 5.91 Å². The fourth-order valence-electron chi connectivity index (χ4n) is 3.86. The van der Waals surface area contributed by atoms with Crippen LogP contribution in [0.4, 0.5) is 5.69 Å². The van der Waals surface area contributed by atoms with Crippen molar-refractivity contribution in [2.75, 3.05) is 44.4 Å². The van der Waals surface area contributed by atoms with Gasteiger partial charge in [0.05, 0.1) is 31.0 Å². The smallest absolute Gasteiger partial charge is 0.248 e. The zero-order valence-electron chi connectivity index (χ0n) is 20.2. The largest absolute Gasteiger partial charge is 0.490 e. The molecule has 3 aromatic rings. The Morgan fingerprint density at radius 3 is 2.72 bits per heavy atom. The second-order valence-electron chi connectivity index (χ2n) is 8.44.